The summed E-state index contributed by atoms with van der Waals surface area (Å²) >= 11 is 0. The maximum Gasteiger partial charge on any atom is 0.269 e. The first kappa shape index (κ1) is 20.7. The van der Waals surface area contributed by atoms with Crippen molar-refractivity contribution in [3.63, 3.8) is 0 Å². The highest BCUT2D eigenvalue weighted by Gasteiger charge is 2.18. The third-order valence-electron chi connectivity index (χ3n) is 5.07. The number of carbonyl (C=O) groups is 2. The first-order chi connectivity index (χ1) is 15.0. The number of hydrogen-bond donors (Lipinski definition) is 3. The molecule has 0 aliphatic carbocycles. The van der Waals surface area contributed by atoms with Crippen LogP contribution >= 0.6 is 0 Å². The van der Waals surface area contributed by atoms with Gasteiger partial charge in [0.2, 0.25) is 18.6 Å². The number of carbonyl (C=O) groups excluding carboxylic acids is 2. The average molecular weight is 429 g/mol. The van der Waals surface area contributed by atoms with Gasteiger partial charge in [0.1, 0.15) is 0 Å². The average Bonchev–Trinajstić information content (AvgIpc) is 3.25. The number of nitrogens with zero attached hydrogens (tertiary/aromatic N) is 2. The quantitative estimate of drug-likeness (QED) is 0.567. The smallest absolute Gasteiger partial charge is 0.269 e. The Labute approximate surface area is 177 Å². The molecular formula is C20H23N5O6. The van der Waals surface area contributed by atoms with Crippen molar-refractivity contribution in [1.82, 2.24) is 20.8 Å². The van der Waals surface area contributed by atoms with Gasteiger partial charge in [-0.1, -0.05) is 0 Å². The highest BCUT2D eigenvalue weighted by molar-refractivity contribution is 5.96. The van der Waals surface area contributed by atoms with Crippen molar-refractivity contribution in [3.8, 4) is 11.5 Å². The number of aryl methyl sites for hydroxylation is 1. The third-order valence-corrected chi connectivity index (χ3v) is 5.07. The lowest BCUT2D eigenvalue weighted by Gasteiger charge is -2.27. The molecule has 1 aromatic heterocycles. The van der Waals surface area contributed by atoms with E-state index < -0.39 is 11.8 Å². The second-order valence-corrected chi connectivity index (χ2v) is 7.12. The van der Waals surface area contributed by atoms with Gasteiger partial charge in [0.25, 0.3) is 11.5 Å². The van der Waals surface area contributed by atoms with Crippen molar-refractivity contribution < 1.29 is 23.8 Å². The highest BCUT2D eigenvalue weighted by atomic mass is 16.7. The Balaban J connectivity index is 1.30. The zero-order chi connectivity index (χ0) is 21.8. The molecule has 0 saturated carbocycles. The summed E-state index contributed by atoms with van der Waals surface area (Å²) in [6, 6.07) is 4.73. The minimum Gasteiger partial charge on any atom is -0.454 e. The van der Waals surface area contributed by atoms with E-state index in [9.17, 15) is 14.4 Å². The van der Waals surface area contributed by atoms with Gasteiger partial charge in [-0.15, -0.1) is 0 Å². The number of aromatic amines is 1. The minimum absolute atomic E-state index is 0.0178. The Morgan fingerprint density at radius 2 is 1.94 bits per heavy atom. The normalized spacial score (nSPS) is 14.9. The predicted molar refractivity (Wildman–Crippen MR) is 109 cm³/mol. The van der Waals surface area contributed by atoms with Gasteiger partial charge < -0.3 is 19.1 Å². The Kier molecular flexibility index (Phi) is 6.03. The number of ether oxygens (including phenoxy) is 3. The van der Waals surface area contributed by atoms with E-state index in [2.05, 4.69) is 20.8 Å². The number of rotatable bonds is 5. The number of amides is 2. The molecule has 1 saturated heterocycles. The molecule has 2 aromatic rings. The number of anilines is 1. The Hall–Kier alpha value is -3.60. The fourth-order valence-corrected chi connectivity index (χ4v) is 3.35. The van der Waals surface area contributed by atoms with E-state index in [0.717, 1.165) is 0 Å². The molecule has 0 atom stereocenters. The fourth-order valence-electron chi connectivity index (χ4n) is 3.35. The summed E-state index contributed by atoms with van der Waals surface area (Å²) in [5.74, 6) is 0.633. The predicted octanol–water partition coefficient (Wildman–Crippen LogP) is 0.0374. The van der Waals surface area contributed by atoms with Crippen molar-refractivity contribution in [2.24, 2.45) is 0 Å². The molecule has 2 aliphatic heterocycles. The number of hydrogen-bond acceptors (Lipinski definition) is 8. The lowest BCUT2D eigenvalue weighted by molar-refractivity contribution is -0.121. The molecule has 31 heavy (non-hydrogen) atoms. The molecule has 164 valence electrons. The number of hydrazine groups is 1. The van der Waals surface area contributed by atoms with Crippen LogP contribution < -0.4 is 30.8 Å². The molecule has 0 unspecified atom stereocenters. The first-order valence-electron chi connectivity index (χ1n) is 9.92. The standard InChI is InChI=1S/C20H23N5O6/c1-12-14(19(28)22-20(21-12)25-6-8-29-9-7-25)3-5-17(26)23-24-18(27)13-2-4-15-16(10-13)31-11-30-15/h2,4,10H,3,5-9,11H2,1H3,(H,23,26)(H,24,27)(H,21,22,28). The van der Waals surface area contributed by atoms with Gasteiger partial charge >= 0.3 is 0 Å². The summed E-state index contributed by atoms with van der Waals surface area (Å²) in [5, 5.41) is 0. The zero-order valence-corrected chi connectivity index (χ0v) is 17.0. The van der Waals surface area contributed by atoms with Crippen molar-refractivity contribution in [2.45, 2.75) is 19.8 Å². The molecule has 2 aliphatic rings. The molecule has 1 fully saturated rings. The lowest BCUT2D eigenvalue weighted by Crippen LogP contribution is -2.42. The number of morpholine rings is 1. The van der Waals surface area contributed by atoms with Crippen molar-refractivity contribution in [2.75, 3.05) is 38.0 Å². The lowest BCUT2D eigenvalue weighted by atomic mass is 10.1. The summed E-state index contributed by atoms with van der Waals surface area (Å²) in [6.07, 6.45) is 0.215. The van der Waals surface area contributed by atoms with E-state index in [4.69, 9.17) is 14.2 Å². The zero-order valence-electron chi connectivity index (χ0n) is 17.0. The van der Waals surface area contributed by atoms with Crippen molar-refractivity contribution in [1.29, 1.82) is 0 Å². The van der Waals surface area contributed by atoms with E-state index in [-0.39, 0.29) is 25.2 Å². The van der Waals surface area contributed by atoms with Crippen LogP contribution in [0.4, 0.5) is 5.95 Å². The first-order valence-corrected chi connectivity index (χ1v) is 9.92. The summed E-state index contributed by atoms with van der Waals surface area (Å²) in [4.78, 5) is 46.1. The van der Waals surface area contributed by atoms with Gasteiger partial charge in [-0.3, -0.25) is 30.2 Å². The summed E-state index contributed by atoms with van der Waals surface area (Å²) < 4.78 is 15.7. The number of aromatic nitrogens is 2. The molecular weight excluding hydrogens is 406 g/mol. The SMILES string of the molecule is Cc1nc(N2CCOCC2)[nH]c(=O)c1CCC(=O)NNC(=O)c1ccc2c(c1)OCO2. The molecule has 0 spiro atoms. The number of H-pyrrole nitrogens is 1. The number of benzene rings is 1. The van der Waals surface area contributed by atoms with Gasteiger partial charge in [0, 0.05) is 36.3 Å². The fraction of sp³-hybridized carbons (Fsp3) is 0.400. The molecule has 1 aromatic carbocycles. The van der Waals surface area contributed by atoms with E-state index >= 15 is 0 Å². The van der Waals surface area contributed by atoms with Gasteiger partial charge in [-0.05, 0) is 31.5 Å². The Bertz CT molecular complexity index is 1050. The number of nitrogens with one attached hydrogen (secondary N) is 3. The highest BCUT2D eigenvalue weighted by Crippen LogP contribution is 2.32. The maximum absolute atomic E-state index is 12.5. The van der Waals surface area contributed by atoms with E-state index in [0.29, 0.717) is 60.6 Å². The second kappa shape index (κ2) is 9.04. The Morgan fingerprint density at radius 1 is 1.16 bits per heavy atom. The summed E-state index contributed by atoms with van der Waals surface area (Å²) in [6.45, 7) is 4.34. The van der Waals surface area contributed by atoms with Gasteiger partial charge in [-0.25, -0.2) is 4.98 Å². The van der Waals surface area contributed by atoms with Crippen molar-refractivity contribution in [3.05, 3.63) is 45.4 Å². The molecule has 4 rings (SSSR count). The van der Waals surface area contributed by atoms with Gasteiger partial charge in [0.15, 0.2) is 11.5 Å². The minimum atomic E-state index is -0.489. The summed E-state index contributed by atoms with van der Waals surface area (Å²) in [5.41, 5.74) is 5.77. The molecule has 0 radical (unpaired) electrons. The molecule has 3 N–H and O–H groups in total. The van der Waals surface area contributed by atoms with Crippen LogP contribution in [0.25, 0.3) is 0 Å². The molecule has 11 nitrogen and oxygen atoms in total. The van der Waals surface area contributed by atoms with E-state index in [1.807, 2.05) is 4.90 Å². The molecule has 2 amide bonds. The second-order valence-electron chi connectivity index (χ2n) is 7.12. The van der Waals surface area contributed by atoms with Gasteiger partial charge in [-0.2, -0.15) is 0 Å². The van der Waals surface area contributed by atoms with Gasteiger partial charge in [0.05, 0.1) is 13.2 Å². The topological polar surface area (TPSA) is 135 Å². The maximum atomic E-state index is 12.5. The molecule has 3 heterocycles. The van der Waals surface area contributed by atoms with Crippen LogP contribution in [0.15, 0.2) is 23.0 Å². The molecule has 0 bridgehead atoms. The van der Waals surface area contributed by atoms with Crippen LogP contribution in [-0.4, -0.2) is 54.9 Å². The largest absolute Gasteiger partial charge is 0.454 e. The van der Waals surface area contributed by atoms with Crippen LogP contribution in [-0.2, 0) is 16.0 Å². The van der Waals surface area contributed by atoms with Crippen LogP contribution in [0, 0.1) is 6.92 Å². The monoisotopic (exact) mass is 429 g/mol. The summed E-state index contributed by atoms with van der Waals surface area (Å²) in [7, 11) is 0. The molecule has 11 heteroatoms. The van der Waals surface area contributed by atoms with Crippen LogP contribution in [0.2, 0.25) is 0 Å². The van der Waals surface area contributed by atoms with Crippen LogP contribution in [0.3, 0.4) is 0 Å². The number of fused-ring (bicyclic) bond motifs is 1. The van der Waals surface area contributed by atoms with Crippen LogP contribution in [0.1, 0.15) is 28.0 Å². The van der Waals surface area contributed by atoms with E-state index in [1.165, 1.54) is 6.07 Å². The van der Waals surface area contributed by atoms with E-state index in [1.54, 1.807) is 19.1 Å². The van der Waals surface area contributed by atoms with Crippen molar-refractivity contribution >= 4 is 17.8 Å². The third kappa shape index (κ3) is 4.77. The Morgan fingerprint density at radius 3 is 2.71 bits per heavy atom. The van der Waals surface area contributed by atoms with Crippen LogP contribution in [0.5, 0.6) is 11.5 Å².